The molecule has 1 aromatic heterocycles. The standard InChI is InChI=1S/C20H34N4O/c1-16-14-17(2)24(21-16)18(3)15-20(25)23-12-5-4-8-19(23)9-13-22-10-6-7-11-22/h14,18-19H,4-13,15H2,1-3H3/t18-,19+/m0/s1. The quantitative estimate of drug-likeness (QED) is 0.793. The summed E-state index contributed by atoms with van der Waals surface area (Å²) >= 11 is 0. The van der Waals surface area contributed by atoms with Crippen molar-refractivity contribution < 1.29 is 4.79 Å². The van der Waals surface area contributed by atoms with Crippen LogP contribution in [-0.4, -0.2) is 57.7 Å². The summed E-state index contributed by atoms with van der Waals surface area (Å²) < 4.78 is 2.01. The van der Waals surface area contributed by atoms with E-state index in [2.05, 4.69) is 34.8 Å². The van der Waals surface area contributed by atoms with E-state index in [1.807, 2.05) is 11.6 Å². The maximum atomic E-state index is 13.0. The second-order valence-electron chi connectivity index (χ2n) is 8.00. The second-order valence-corrected chi connectivity index (χ2v) is 8.00. The minimum atomic E-state index is 0.127. The normalized spacial score (nSPS) is 23.2. The molecule has 2 aliphatic rings. The van der Waals surface area contributed by atoms with Crippen LogP contribution in [0.4, 0.5) is 0 Å². The van der Waals surface area contributed by atoms with Crippen LogP contribution in [0.2, 0.25) is 0 Å². The topological polar surface area (TPSA) is 41.4 Å². The highest BCUT2D eigenvalue weighted by Gasteiger charge is 2.28. The molecule has 2 atom stereocenters. The Labute approximate surface area is 152 Å². The first-order valence-corrected chi connectivity index (χ1v) is 10.1. The highest BCUT2D eigenvalue weighted by Crippen LogP contribution is 2.24. The van der Waals surface area contributed by atoms with Crippen molar-refractivity contribution in [1.82, 2.24) is 19.6 Å². The predicted octanol–water partition coefficient (Wildman–Crippen LogP) is 3.32. The van der Waals surface area contributed by atoms with Gasteiger partial charge in [-0.2, -0.15) is 5.10 Å². The van der Waals surface area contributed by atoms with Crippen molar-refractivity contribution in [2.75, 3.05) is 26.2 Å². The molecule has 0 aromatic carbocycles. The van der Waals surface area contributed by atoms with Crippen LogP contribution >= 0.6 is 0 Å². The third kappa shape index (κ3) is 4.63. The van der Waals surface area contributed by atoms with Gasteiger partial charge in [0.25, 0.3) is 0 Å². The third-order valence-electron chi connectivity index (χ3n) is 5.86. The zero-order valence-electron chi connectivity index (χ0n) is 16.2. The zero-order chi connectivity index (χ0) is 17.8. The zero-order valence-corrected chi connectivity index (χ0v) is 16.2. The number of hydrogen-bond donors (Lipinski definition) is 0. The lowest BCUT2D eigenvalue weighted by atomic mass is 9.98. The van der Waals surface area contributed by atoms with Crippen LogP contribution in [0.3, 0.4) is 0 Å². The fourth-order valence-corrected chi connectivity index (χ4v) is 4.52. The fraction of sp³-hybridized carbons (Fsp3) is 0.800. The van der Waals surface area contributed by atoms with Gasteiger partial charge in [-0.25, -0.2) is 0 Å². The molecule has 0 aliphatic carbocycles. The molecule has 3 heterocycles. The lowest BCUT2D eigenvalue weighted by molar-refractivity contribution is -0.135. The van der Waals surface area contributed by atoms with Gasteiger partial charge in [-0.1, -0.05) is 0 Å². The molecular formula is C20H34N4O. The maximum absolute atomic E-state index is 13.0. The van der Waals surface area contributed by atoms with Gasteiger partial charge >= 0.3 is 0 Å². The summed E-state index contributed by atoms with van der Waals surface area (Å²) in [5, 5.41) is 4.56. The first kappa shape index (κ1) is 18.4. The number of aryl methyl sites for hydroxylation is 2. The van der Waals surface area contributed by atoms with Crippen LogP contribution in [0.5, 0.6) is 0 Å². The predicted molar refractivity (Wildman–Crippen MR) is 101 cm³/mol. The van der Waals surface area contributed by atoms with Crippen LogP contribution in [0.25, 0.3) is 0 Å². The Bertz CT molecular complexity index is 576. The molecule has 0 bridgehead atoms. The molecule has 1 amide bonds. The Hall–Kier alpha value is -1.36. The summed E-state index contributed by atoms with van der Waals surface area (Å²) in [4.78, 5) is 17.7. The van der Waals surface area contributed by atoms with E-state index in [1.54, 1.807) is 0 Å². The van der Waals surface area contributed by atoms with Gasteiger partial charge in [0, 0.05) is 31.2 Å². The minimum Gasteiger partial charge on any atom is -0.340 e. The number of nitrogens with zero attached hydrogens (tertiary/aromatic N) is 4. The molecular weight excluding hydrogens is 312 g/mol. The van der Waals surface area contributed by atoms with Crippen LogP contribution in [0, 0.1) is 13.8 Å². The van der Waals surface area contributed by atoms with E-state index in [0.29, 0.717) is 18.4 Å². The Morgan fingerprint density at radius 2 is 1.92 bits per heavy atom. The second kappa shape index (κ2) is 8.35. The number of amides is 1. The third-order valence-corrected chi connectivity index (χ3v) is 5.86. The largest absolute Gasteiger partial charge is 0.340 e. The molecule has 0 unspecified atom stereocenters. The molecule has 0 saturated carbocycles. The average molecular weight is 347 g/mol. The fourth-order valence-electron chi connectivity index (χ4n) is 4.52. The van der Waals surface area contributed by atoms with E-state index in [0.717, 1.165) is 37.3 Å². The number of rotatable bonds is 6. The Morgan fingerprint density at radius 1 is 1.20 bits per heavy atom. The molecule has 1 aromatic rings. The molecule has 2 saturated heterocycles. The van der Waals surface area contributed by atoms with E-state index in [1.165, 1.54) is 38.8 Å². The monoisotopic (exact) mass is 346 g/mol. The number of aromatic nitrogens is 2. The van der Waals surface area contributed by atoms with Gasteiger partial charge in [0.15, 0.2) is 0 Å². The average Bonchev–Trinajstić information content (AvgIpc) is 3.22. The van der Waals surface area contributed by atoms with Crippen LogP contribution in [0.15, 0.2) is 6.07 Å². The molecule has 2 aliphatic heterocycles. The number of carbonyl (C=O) groups excluding carboxylic acids is 1. The van der Waals surface area contributed by atoms with E-state index in [9.17, 15) is 4.79 Å². The molecule has 0 spiro atoms. The number of hydrogen-bond acceptors (Lipinski definition) is 3. The van der Waals surface area contributed by atoms with Gasteiger partial charge in [0.05, 0.1) is 11.7 Å². The van der Waals surface area contributed by atoms with E-state index < -0.39 is 0 Å². The SMILES string of the molecule is Cc1cc(C)n([C@@H](C)CC(=O)N2CCCC[C@@H]2CCN2CCCC2)n1. The molecule has 5 nitrogen and oxygen atoms in total. The van der Waals surface area contributed by atoms with E-state index >= 15 is 0 Å². The Morgan fingerprint density at radius 3 is 2.60 bits per heavy atom. The lowest BCUT2D eigenvalue weighted by Gasteiger charge is -2.37. The number of carbonyl (C=O) groups is 1. The first-order chi connectivity index (χ1) is 12.0. The minimum absolute atomic E-state index is 0.127. The van der Waals surface area contributed by atoms with Gasteiger partial charge in [-0.05, 0) is 78.5 Å². The lowest BCUT2D eigenvalue weighted by Crippen LogP contribution is -2.45. The summed E-state index contributed by atoms with van der Waals surface area (Å²) in [7, 11) is 0. The summed E-state index contributed by atoms with van der Waals surface area (Å²) in [6.07, 6.45) is 7.97. The summed E-state index contributed by atoms with van der Waals surface area (Å²) in [6.45, 7) is 10.8. The van der Waals surface area contributed by atoms with Crippen molar-refractivity contribution in [3.05, 3.63) is 17.5 Å². The Kier molecular flexibility index (Phi) is 6.15. The Balaban J connectivity index is 1.57. The summed E-state index contributed by atoms with van der Waals surface area (Å²) in [5.41, 5.74) is 2.17. The molecule has 0 radical (unpaired) electrons. The van der Waals surface area contributed by atoms with Gasteiger partial charge in [0.1, 0.15) is 0 Å². The highest BCUT2D eigenvalue weighted by molar-refractivity contribution is 5.77. The molecule has 3 rings (SSSR count). The van der Waals surface area contributed by atoms with Crippen molar-refractivity contribution in [3.63, 3.8) is 0 Å². The maximum Gasteiger partial charge on any atom is 0.224 e. The van der Waals surface area contributed by atoms with E-state index in [-0.39, 0.29) is 6.04 Å². The summed E-state index contributed by atoms with van der Waals surface area (Å²) in [5.74, 6) is 0.311. The van der Waals surface area contributed by atoms with Crippen LogP contribution < -0.4 is 0 Å². The van der Waals surface area contributed by atoms with Crippen LogP contribution in [-0.2, 0) is 4.79 Å². The molecule has 140 valence electrons. The number of piperidine rings is 1. The van der Waals surface area contributed by atoms with Gasteiger partial charge in [0.2, 0.25) is 5.91 Å². The molecule has 2 fully saturated rings. The van der Waals surface area contributed by atoms with Crippen molar-refractivity contribution in [2.24, 2.45) is 0 Å². The van der Waals surface area contributed by atoms with Crippen molar-refractivity contribution in [3.8, 4) is 0 Å². The summed E-state index contributed by atoms with van der Waals surface area (Å²) in [6, 6.07) is 2.65. The van der Waals surface area contributed by atoms with Crippen molar-refractivity contribution >= 4 is 5.91 Å². The van der Waals surface area contributed by atoms with Crippen molar-refractivity contribution in [2.45, 2.75) is 77.8 Å². The molecule has 5 heteroatoms. The van der Waals surface area contributed by atoms with Gasteiger partial charge in [-0.3, -0.25) is 9.48 Å². The highest BCUT2D eigenvalue weighted by atomic mass is 16.2. The van der Waals surface area contributed by atoms with Crippen LogP contribution in [0.1, 0.15) is 69.3 Å². The van der Waals surface area contributed by atoms with Crippen molar-refractivity contribution in [1.29, 1.82) is 0 Å². The smallest absolute Gasteiger partial charge is 0.224 e. The molecule has 0 N–H and O–H groups in total. The number of likely N-dealkylation sites (tertiary alicyclic amines) is 2. The van der Waals surface area contributed by atoms with Gasteiger partial charge < -0.3 is 9.80 Å². The molecule has 25 heavy (non-hydrogen) atoms. The first-order valence-electron chi connectivity index (χ1n) is 10.1. The van der Waals surface area contributed by atoms with E-state index in [4.69, 9.17) is 0 Å². The van der Waals surface area contributed by atoms with Gasteiger partial charge in [-0.15, -0.1) is 0 Å².